The van der Waals surface area contributed by atoms with Gasteiger partial charge in [-0.05, 0) is 43.7 Å². The number of aromatic nitrogens is 2. The van der Waals surface area contributed by atoms with Crippen molar-refractivity contribution in [3.63, 3.8) is 0 Å². The largest absolute Gasteiger partial charge is 0.370 e. The maximum atomic E-state index is 4.75. The fraction of sp³-hybridized carbons (Fsp3) is 0.444. The smallest absolute Gasteiger partial charge is 0.161 e. The van der Waals surface area contributed by atoms with E-state index >= 15 is 0 Å². The quantitative estimate of drug-likeness (QED) is 0.852. The van der Waals surface area contributed by atoms with Crippen molar-refractivity contribution in [3.8, 4) is 11.4 Å². The number of anilines is 1. The lowest BCUT2D eigenvalue weighted by Crippen LogP contribution is -2.04. The molecular weight excluding hydrogens is 258 g/mol. The van der Waals surface area contributed by atoms with Gasteiger partial charge in [-0.15, -0.1) is 0 Å². The first-order chi connectivity index (χ1) is 10.3. The molecule has 1 saturated carbocycles. The van der Waals surface area contributed by atoms with Crippen LogP contribution in [0, 0.1) is 0 Å². The van der Waals surface area contributed by atoms with E-state index in [1.165, 1.54) is 18.4 Å². The molecule has 0 bridgehead atoms. The molecule has 0 aliphatic heterocycles. The molecule has 110 valence electrons. The van der Waals surface area contributed by atoms with Gasteiger partial charge in [0.15, 0.2) is 5.82 Å². The summed E-state index contributed by atoms with van der Waals surface area (Å²) < 4.78 is 0. The minimum Gasteiger partial charge on any atom is -0.370 e. The molecule has 0 atom stereocenters. The predicted molar refractivity (Wildman–Crippen MR) is 87.6 cm³/mol. The third kappa shape index (κ3) is 3.41. The fourth-order valence-corrected chi connectivity index (χ4v) is 2.63. The molecule has 1 aromatic carbocycles. The first-order valence-corrected chi connectivity index (χ1v) is 8.02. The summed E-state index contributed by atoms with van der Waals surface area (Å²) >= 11 is 0. The van der Waals surface area contributed by atoms with Crippen LogP contribution in [-0.2, 0) is 6.42 Å². The van der Waals surface area contributed by atoms with Gasteiger partial charge in [0.05, 0.1) is 0 Å². The molecule has 1 heterocycles. The van der Waals surface area contributed by atoms with E-state index in [-0.39, 0.29) is 0 Å². The lowest BCUT2D eigenvalue weighted by atomic mass is 10.1. The number of benzene rings is 1. The Labute approximate surface area is 126 Å². The van der Waals surface area contributed by atoms with E-state index in [0.29, 0.717) is 0 Å². The molecular formula is C18H23N3. The highest BCUT2D eigenvalue weighted by molar-refractivity contribution is 5.59. The monoisotopic (exact) mass is 281 g/mol. The highest BCUT2D eigenvalue weighted by Crippen LogP contribution is 2.40. The summed E-state index contributed by atoms with van der Waals surface area (Å²) in [5.41, 5.74) is 3.69. The van der Waals surface area contributed by atoms with Crippen LogP contribution in [0.25, 0.3) is 11.4 Å². The highest BCUT2D eigenvalue weighted by atomic mass is 15.0. The summed E-state index contributed by atoms with van der Waals surface area (Å²) in [6.45, 7) is 5.15. The first kappa shape index (κ1) is 14.1. The first-order valence-electron chi connectivity index (χ1n) is 8.02. The van der Waals surface area contributed by atoms with Crippen molar-refractivity contribution in [2.45, 2.75) is 45.4 Å². The molecule has 0 unspecified atom stereocenters. The standard InChI is InChI=1S/C18H23N3/c1-3-6-16-12-17(19-4-2)21-18(20-16)15-8-5-7-14(11-15)13-9-10-13/h5,7-8,11-13H,3-4,6,9-10H2,1-2H3,(H,19,20,21). The van der Waals surface area contributed by atoms with Crippen molar-refractivity contribution in [3.05, 3.63) is 41.6 Å². The zero-order valence-electron chi connectivity index (χ0n) is 12.9. The molecule has 1 fully saturated rings. The maximum Gasteiger partial charge on any atom is 0.161 e. The van der Waals surface area contributed by atoms with Crippen LogP contribution in [0.4, 0.5) is 5.82 Å². The molecule has 3 heteroatoms. The van der Waals surface area contributed by atoms with E-state index in [0.717, 1.165) is 48.2 Å². The van der Waals surface area contributed by atoms with Crippen LogP contribution in [0.2, 0.25) is 0 Å². The molecule has 1 aliphatic rings. The van der Waals surface area contributed by atoms with E-state index in [2.05, 4.69) is 54.5 Å². The van der Waals surface area contributed by atoms with Crippen LogP contribution in [0.5, 0.6) is 0 Å². The number of hydrogen-bond acceptors (Lipinski definition) is 3. The number of nitrogens with zero attached hydrogens (tertiary/aromatic N) is 2. The molecule has 0 saturated heterocycles. The molecule has 0 spiro atoms. The molecule has 1 aliphatic carbocycles. The molecule has 3 nitrogen and oxygen atoms in total. The SMILES string of the molecule is CCCc1cc(NCC)nc(-c2cccc(C3CC3)c2)n1. The number of rotatable bonds is 6. The highest BCUT2D eigenvalue weighted by Gasteiger charge is 2.23. The molecule has 1 N–H and O–H groups in total. The van der Waals surface area contributed by atoms with Crippen molar-refractivity contribution >= 4 is 5.82 Å². The van der Waals surface area contributed by atoms with Crippen LogP contribution in [0.15, 0.2) is 30.3 Å². The Morgan fingerprint density at radius 2 is 2.00 bits per heavy atom. The minimum absolute atomic E-state index is 0.761. The lowest BCUT2D eigenvalue weighted by molar-refractivity contribution is 0.875. The fourth-order valence-electron chi connectivity index (χ4n) is 2.63. The molecule has 21 heavy (non-hydrogen) atoms. The summed E-state index contributed by atoms with van der Waals surface area (Å²) in [5.74, 6) is 2.54. The van der Waals surface area contributed by atoms with Crippen LogP contribution in [-0.4, -0.2) is 16.5 Å². The second-order valence-corrected chi connectivity index (χ2v) is 5.75. The average molecular weight is 281 g/mol. The summed E-state index contributed by atoms with van der Waals surface area (Å²) in [4.78, 5) is 9.42. The molecule has 2 aromatic rings. The molecule has 0 amide bonds. The average Bonchev–Trinajstić information content (AvgIpc) is 3.33. The van der Waals surface area contributed by atoms with E-state index in [9.17, 15) is 0 Å². The Morgan fingerprint density at radius 1 is 1.14 bits per heavy atom. The van der Waals surface area contributed by atoms with Gasteiger partial charge in [-0.3, -0.25) is 0 Å². The van der Waals surface area contributed by atoms with Gasteiger partial charge in [0.1, 0.15) is 5.82 Å². The topological polar surface area (TPSA) is 37.8 Å². The Balaban J connectivity index is 1.97. The van der Waals surface area contributed by atoms with Gasteiger partial charge < -0.3 is 5.32 Å². The Morgan fingerprint density at radius 3 is 2.71 bits per heavy atom. The van der Waals surface area contributed by atoms with E-state index in [1.807, 2.05) is 0 Å². The van der Waals surface area contributed by atoms with Crippen molar-refractivity contribution in [2.75, 3.05) is 11.9 Å². The van der Waals surface area contributed by atoms with Crippen LogP contribution in [0.3, 0.4) is 0 Å². The van der Waals surface area contributed by atoms with E-state index in [1.54, 1.807) is 0 Å². The molecule has 1 aromatic heterocycles. The van der Waals surface area contributed by atoms with Crippen LogP contribution in [0.1, 0.15) is 50.3 Å². The lowest BCUT2D eigenvalue weighted by Gasteiger charge is -2.09. The number of hydrogen-bond donors (Lipinski definition) is 1. The summed E-state index contributed by atoms with van der Waals surface area (Å²) in [7, 11) is 0. The number of nitrogens with one attached hydrogen (secondary N) is 1. The molecule has 3 rings (SSSR count). The maximum absolute atomic E-state index is 4.75. The predicted octanol–water partition coefficient (Wildman–Crippen LogP) is 4.41. The van der Waals surface area contributed by atoms with Crippen molar-refractivity contribution in [2.24, 2.45) is 0 Å². The van der Waals surface area contributed by atoms with Gasteiger partial charge in [-0.2, -0.15) is 0 Å². The minimum atomic E-state index is 0.761. The van der Waals surface area contributed by atoms with Crippen LogP contribution < -0.4 is 5.32 Å². The Bertz CT molecular complexity index is 593. The van der Waals surface area contributed by atoms with Crippen molar-refractivity contribution in [1.29, 1.82) is 0 Å². The third-order valence-electron chi connectivity index (χ3n) is 3.84. The summed E-state index contributed by atoms with van der Waals surface area (Å²) in [6.07, 6.45) is 4.74. The Kier molecular flexibility index (Phi) is 4.18. The van der Waals surface area contributed by atoms with E-state index in [4.69, 9.17) is 4.98 Å². The van der Waals surface area contributed by atoms with Gasteiger partial charge in [0.2, 0.25) is 0 Å². The normalized spacial score (nSPS) is 14.2. The molecule has 0 radical (unpaired) electrons. The van der Waals surface area contributed by atoms with Gasteiger partial charge in [-0.1, -0.05) is 31.5 Å². The summed E-state index contributed by atoms with van der Waals surface area (Å²) in [5, 5.41) is 3.32. The second-order valence-electron chi connectivity index (χ2n) is 5.75. The second kappa shape index (κ2) is 6.25. The van der Waals surface area contributed by atoms with Crippen molar-refractivity contribution in [1.82, 2.24) is 9.97 Å². The van der Waals surface area contributed by atoms with E-state index < -0.39 is 0 Å². The third-order valence-corrected chi connectivity index (χ3v) is 3.84. The van der Waals surface area contributed by atoms with Gasteiger partial charge >= 0.3 is 0 Å². The Hall–Kier alpha value is -1.90. The van der Waals surface area contributed by atoms with Gasteiger partial charge in [0, 0.05) is 23.9 Å². The zero-order valence-corrected chi connectivity index (χ0v) is 12.9. The number of aryl methyl sites for hydroxylation is 1. The van der Waals surface area contributed by atoms with Crippen molar-refractivity contribution < 1.29 is 0 Å². The van der Waals surface area contributed by atoms with Gasteiger partial charge in [0.25, 0.3) is 0 Å². The zero-order chi connectivity index (χ0) is 14.7. The van der Waals surface area contributed by atoms with Gasteiger partial charge in [-0.25, -0.2) is 9.97 Å². The summed E-state index contributed by atoms with van der Waals surface area (Å²) in [6, 6.07) is 10.8. The van der Waals surface area contributed by atoms with Crippen LogP contribution >= 0.6 is 0 Å².